The molecular formula is C40H63N8O14PS. The van der Waals surface area contributed by atoms with Gasteiger partial charge in [-0.3, -0.25) is 38.1 Å². The molecule has 0 radical (unpaired) electrons. The molecule has 22 nitrogen and oxygen atoms in total. The molecule has 1 heterocycles. The van der Waals surface area contributed by atoms with Gasteiger partial charge in [0.2, 0.25) is 29.5 Å². The van der Waals surface area contributed by atoms with Gasteiger partial charge in [0.25, 0.3) is 0 Å². The average molecular weight is 943 g/mol. The molecule has 358 valence electrons. The second-order valence-corrected chi connectivity index (χ2v) is 17.0. The number of benzene rings is 1. The van der Waals surface area contributed by atoms with E-state index in [0.717, 1.165) is 12.5 Å². The molecule has 1 aromatic carbocycles. The third-order valence-electron chi connectivity index (χ3n) is 9.63. The number of hydrogen-bond donors (Lipinski definition) is 10. The number of Topliss-reactive ketones (excluding diaryl/α,β-unsaturated/α-hetero) is 2. The summed E-state index contributed by atoms with van der Waals surface area (Å²) in [6.07, 6.45) is 0.0956. The van der Waals surface area contributed by atoms with Crippen LogP contribution in [0.2, 0.25) is 0 Å². The molecule has 0 saturated heterocycles. The van der Waals surface area contributed by atoms with Crippen molar-refractivity contribution in [1.29, 1.82) is 0 Å². The third kappa shape index (κ3) is 21.9. The van der Waals surface area contributed by atoms with Crippen LogP contribution in [0.15, 0.2) is 42.9 Å². The van der Waals surface area contributed by atoms with Crippen molar-refractivity contribution in [2.75, 3.05) is 51.9 Å². The Morgan fingerprint density at radius 1 is 0.922 bits per heavy atom. The zero-order chi connectivity index (χ0) is 47.8. The highest BCUT2D eigenvalue weighted by molar-refractivity contribution is 7.80. The predicted molar refractivity (Wildman–Crippen MR) is 234 cm³/mol. The fourth-order valence-corrected chi connectivity index (χ4v) is 7.01. The highest BCUT2D eigenvalue weighted by atomic mass is 32.1. The summed E-state index contributed by atoms with van der Waals surface area (Å²) in [5.41, 5.74) is 12.2. The van der Waals surface area contributed by atoms with Crippen LogP contribution in [0.5, 0.6) is 0 Å². The van der Waals surface area contributed by atoms with Gasteiger partial charge in [0.1, 0.15) is 6.04 Å². The van der Waals surface area contributed by atoms with Crippen molar-refractivity contribution in [1.82, 2.24) is 30.8 Å². The Kier molecular flexibility index (Phi) is 25.2. The highest BCUT2D eigenvalue weighted by Crippen LogP contribution is 2.39. The SMILES string of the molecule is CC(C)C[C@H](NC(=O)CN(Cc1ccccc1)C(=O)CCOCCOCCNC(=O)[C@@H](N)CS)C(=O)C[C@@H](Cc1cnc[nH]1)C(=O)N[C@@H](CO)C(=O)C[C@H](C(N)=O)[C@@H](C)OP(=O)(O)O. The number of aliphatic hydroxyl groups is 1. The summed E-state index contributed by atoms with van der Waals surface area (Å²) < 4.78 is 26.9. The van der Waals surface area contributed by atoms with E-state index in [9.17, 15) is 53.0 Å². The number of imidazole rings is 1. The van der Waals surface area contributed by atoms with Crippen molar-refractivity contribution < 1.29 is 67.0 Å². The van der Waals surface area contributed by atoms with E-state index in [1.54, 1.807) is 24.3 Å². The molecule has 24 heteroatoms. The summed E-state index contributed by atoms with van der Waals surface area (Å²) in [4.78, 5) is 118. The molecule has 2 rings (SSSR count). The second kappa shape index (κ2) is 29.1. The summed E-state index contributed by atoms with van der Waals surface area (Å²) in [7, 11) is -5.08. The van der Waals surface area contributed by atoms with Gasteiger partial charge in [0.05, 0.1) is 82.4 Å². The van der Waals surface area contributed by atoms with Crippen molar-refractivity contribution in [2.45, 2.75) is 83.6 Å². The fraction of sp³-hybridized carbons (Fsp3) is 0.600. The van der Waals surface area contributed by atoms with Gasteiger partial charge >= 0.3 is 7.82 Å². The lowest BCUT2D eigenvalue weighted by Crippen LogP contribution is -2.50. The maximum atomic E-state index is 14.0. The summed E-state index contributed by atoms with van der Waals surface area (Å²) in [6, 6.07) is 5.55. The van der Waals surface area contributed by atoms with E-state index >= 15 is 0 Å². The van der Waals surface area contributed by atoms with Crippen molar-refractivity contribution in [3.63, 3.8) is 0 Å². The number of phosphoric ester groups is 1. The lowest BCUT2D eigenvalue weighted by atomic mass is 9.89. The van der Waals surface area contributed by atoms with Crippen LogP contribution in [0, 0.1) is 17.8 Å². The van der Waals surface area contributed by atoms with E-state index in [0.29, 0.717) is 5.69 Å². The van der Waals surface area contributed by atoms with Gasteiger partial charge in [-0.1, -0.05) is 44.2 Å². The third-order valence-corrected chi connectivity index (χ3v) is 10.6. The minimum Gasteiger partial charge on any atom is -0.394 e. The Bertz CT molecular complexity index is 1840. The van der Waals surface area contributed by atoms with Crippen LogP contribution in [0.25, 0.3) is 0 Å². The van der Waals surface area contributed by atoms with Gasteiger partial charge in [-0.25, -0.2) is 9.55 Å². The Labute approximate surface area is 377 Å². The number of ether oxygens (including phenoxy) is 2. The summed E-state index contributed by atoms with van der Waals surface area (Å²) >= 11 is 3.98. The fourth-order valence-electron chi connectivity index (χ4n) is 6.26. The van der Waals surface area contributed by atoms with Crippen molar-refractivity contribution in [3.8, 4) is 0 Å². The number of rotatable bonds is 33. The van der Waals surface area contributed by atoms with Gasteiger partial charge < -0.3 is 61.7 Å². The second-order valence-electron chi connectivity index (χ2n) is 15.4. The van der Waals surface area contributed by atoms with Crippen molar-refractivity contribution in [2.24, 2.45) is 29.2 Å². The normalized spacial score (nSPS) is 14.4. The zero-order valence-corrected chi connectivity index (χ0v) is 38.0. The van der Waals surface area contributed by atoms with Gasteiger partial charge in [-0.2, -0.15) is 12.6 Å². The molecular weight excluding hydrogens is 880 g/mol. The lowest BCUT2D eigenvalue weighted by molar-refractivity contribution is -0.138. The number of aliphatic hydroxyl groups excluding tert-OH is 1. The molecule has 5 amide bonds. The summed E-state index contributed by atoms with van der Waals surface area (Å²) in [6.45, 7) is 4.38. The Morgan fingerprint density at radius 3 is 2.16 bits per heavy atom. The van der Waals surface area contributed by atoms with E-state index in [1.807, 2.05) is 19.9 Å². The number of amides is 5. The molecule has 0 spiro atoms. The van der Waals surface area contributed by atoms with E-state index in [2.05, 4.69) is 43.1 Å². The molecule has 6 atom stereocenters. The number of ketones is 2. The number of H-pyrrole nitrogens is 1. The van der Waals surface area contributed by atoms with Crippen molar-refractivity contribution in [3.05, 3.63) is 54.1 Å². The molecule has 1 aromatic heterocycles. The van der Waals surface area contributed by atoms with E-state index in [4.69, 9.17) is 20.9 Å². The summed E-state index contributed by atoms with van der Waals surface area (Å²) in [5, 5.41) is 17.9. The number of nitrogens with one attached hydrogen (secondary N) is 4. The Balaban J connectivity index is 2.14. The minimum atomic E-state index is -5.08. The van der Waals surface area contributed by atoms with E-state index in [-0.39, 0.29) is 76.4 Å². The topological polar surface area (TPSA) is 345 Å². The van der Waals surface area contributed by atoms with Crippen LogP contribution in [0.3, 0.4) is 0 Å². The van der Waals surface area contributed by atoms with Crippen LogP contribution in [-0.2, 0) is 65.1 Å². The molecule has 0 fully saturated rings. The standard InChI is InChI=1S/C40H63N8O14PS/c1-25(2)15-32(46-36(52)21-48(20-27-7-5-4-6-8-27)37(53)9-11-60-13-14-61-12-10-44-40(56)31(41)23-64)34(50)17-28(16-29-19-43-24-45-29)39(55)47-33(22-49)35(51)18-30(38(42)54)26(3)62-63(57,58)59/h4-8,19,24-26,28,30-33,49,64H,9-18,20-23,41H2,1-3H3,(H2,42,54)(H,43,45)(H,44,56)(H,46,52)(H,47,55)(H2,57,58,59)/t26-,28-,30+,31+,32+,33+/m1/s1. The lowest BCUT2D eigenvalue weighted by Gasteiger charge is -2.26. The average Bonchev–Trinajstić information content (AvgIpc) is 3.75. The number of phosphoric acid groups is 1. The number of hydrogen-bond acceptors (Lipinski definition) is 15. The first-order valence-corrected chi connectivity index (χ1v) is 22.8. The number of carbonyl (C=O) groups is 7. The smallest absolute Gasteiger partial charge is 0.394 e. The molecule has 0 bridgehead atoms. The maximum Gasteiger partial charge on any atom is 0.469 e. The van der Waals surface area contributed by atoms with Gasteiger partial charge in [0, 0.05) is 50.0 Å². The number of aromatic nitrogens is 2. The van der Waals surface area contributed by atoms with Crippen LogP contribution in [0.4, 0.5) is 0 Å². The number of aromatic amines is 1. The number of nitrogens with zero attached hydrogens (tertiary/aromatic N) is 2. The Morgan fingerprint density at radius 2 is 1.58 bits per heavy atom. The first kappa shape index (κ1) is 55.6. The van der Waals surface area contributed by atoms with Gasteiger partial charge in [-0.15, -0.1) is 0 Å². The first-order valence-electron chi connectivity index (χ1n) is 20.6. The number of primary amides is 1. The van der Waals surface area contributed by atoms with E-state index < -0.39 is 105 Å². The number of carbonyl (C=O) groups excluding carboxylic acids is 7. The van der Waals surface area contributed by atoms with Crippen LogP contribution in [-0.4, -0.2) is 147 Å². The van der Waals surface area contributed by atoms with Crippen LogP contribution in [0.1, 0.15) is 57.7 Å². The quantitative estimate of drug-likeness (QED) is 0.0231. The predicted octanol–water partition coefficient (Wildman–Crippen LogP) is -1.08. The molecule has 0 saturated carbocycles. The van der Waals surface area contributed by atoms with Gasteiger partial charge in [0.15, 0.2) is 11.6 Å². The number of thiol groups is 1. The molecule has 0 aliphatic rings. The zero-order valence-electron chi connectivity index (χ0n) is 36.3. The molecule has 0 aliphatic carbocycles. The largest absolute Gasteiger partial charge is 0.469 e. The van der Waals surface area contributed by atoms with Crippen molar-refractivity contribution >= 4 is 61.6 Å². The number of nitrogens with two attached hydrogens (primary N) is 2. The molecule has 0 aliphatic heterocycles. The molecule has 0 unspecified atom stereocenters. The first-order chi connectivity index (χ1) is 30.2. The monoisotopic (exact) mass is 942 g/mol. The maximum absolute atomic E-state index is 14.0. The van der Waals surface area contributed by atoms with E-state index in [1.165, 1.54) is 17.4 Å². The molecule has 2 aromatic rings. The summed E-state index contributed by atoms with van der Waals surface area (Å²) in [5.74, 6) is -7.38. The minimum absolute atomic E-state index is 0.0233. The van der Waals surface area contributed by atoms with Crippen LogP contribution < -0.4 is 27.4 Å². The molecule has 64 heavy (non-hydrogen) atoms. The highest BCUT2D eigenvalue weighted by Gasteiger charge is 2.36. The Hall–Kier alpha value is -4.58. The van der Waals surface area contributed by atoms with Gasteiger partial charge in [-0.05, 0) is 24.8 Å². The molecule has 11 N–H and O–H groups in total. The van der Waals surface area contributed by atoms with Crippen LogP contribution >= 0.6 is 20.5 Å².